The van der Waals surface area contributed by atoms with E-state index in [1.807, 2.05) is 25.1 Å². The molecule has 0 amide bonds. The molecule has 2 atom stereocenters. The fourth-order valence-electron chi connectivity index (χ4n) is 3.58. The van der Waals surface area contributed by atoms with E-state index in [9.17, 15) is 8.42 Å². The van der Waals surface area contributed by atoms with Gasteiger partial charge in [0.2, 0.25) is 10.0 Å². The molecular formula is C21H19ClN4O2S. The molecule has 3 aromatic rings. The number of rotatable bonds is 4. The number of hydrogen-bond acceptors (Lipinski definition) is 5. The van der Waals surface area contributed by atoms with Gasteiger partial charge in [-0.1, -0.05) is 37.3 Å². The van der Waals surface area contributed by atoms with Gasteiger partial charge in [-0.2, -0.15) is 0 Å². The third kappa shape index (κ3) is 3.46. The van der Waals surface area contributed by atoms with Crippen LogP contribution in [0.4, 0.5) is 0 Å². The van der Waals surface area contributed by atoms with Gasteiger partial charge >= 0.3 is 0 Å². The summed E-state index contributed by atoms with van der Waals surface area (Å²) in [4.78, 5) is 11.8. The first-order valence-corrected chi connectivity index (χ1v) is 11.1. The van der Waals surface area contributed by atoms with E-state index in [2.05, 4.69) is 15.0 Å². The maximum Gasteiger partial charge on any atom is 0.218 e. The van der Waals surface area contributed by atoms with Crippen LogP contribution in [0.1, 0.15) is 24.0 Å². The van der Waals surface area contributed by atoms with Crippen molar-refractivity contribution in [3.8, 4) is 0 Å². The molecule has 1 aliphatic carbocycles. The third-order valence-corrected chi connectivity index (χ3v) is 7.00. The molecule has 2 unspecified atom stereocenters. The largest absolute Gasteiger partial charge is 0.257 e. The second kappa shape index (κ2) is 7.33. The van der Waals surface area contributed by atoms with Crippen LogP contribution in [0.15, 0.2) is 67.0 Å². The van der Waals surface area contributed by atoms with Crippen molar-refractivity contribution in [2.45, 2.75) is 23.5 Å². The van der Waals surface area contributed by atoms with Crippen molar-refractivity contribution < 1.29 is 8.42 Å². The first kappa shape index (κ1) is 19.7. The zero-order valence-corrected chi connectivity index (χ0v) is 17.2. The van der Waals surface area contributed by atoms with E-state index in [0.717, 1.165) is 23.1 Å². The molecular weight excluding hydrogens is 408 g/mol. The second-order valence-electron chi connectivity index (χ2n) is 6.81. The molecule has 0 saturated carbocycles. The zero-order chi connectivity index (χ0) is 20.6. The Bertz CT molecular complexity index is 1240. The van der Waals surface area contributed by atoms with E-state index in [-0.39, 0.29) is 0 Å². The summed E-state index contributed by atoms with van der Waals surface area (Å²) in [5.74, 6) is 0.739. The van der Waals surface area contributed by atoms with Crippen molar-refractivity contribution in [2.75, 3.05) is 0 Å². The highest BCUT2D eigenvalue weighted by atomic mass is 35.5. The van der Waals surface area contributed by atoms with Crippen LogP contribution in [-0.4, -0.2) is 28.6 Å². The summed E-state index contributed by atoms with van der Waals surface area (Å²) >= 11 is 7.15. The minimum Gasteiger partial charge on any atom is -0.257 e. The summed E-state index contributed by atoms with van der Waals surface area (Å²) in [5.41, 5.74) is 2.49. The molecule has 0 fully saturated rings. The number of allylic oxidation sites excluding steroid dienone is 3. The van der Waals surface area contributed by atoms with E-state index in [1.165, 1.54) is 6.08 Å². The van der Waals surface area contributed by atoms with Crippen molar-refractivity contribution >= 4 is 38.1 Å². The van der Waals surface area contributed by atoms with Crippen LogP contribution in [0, 0.1) is 0 Å². The van der Waals surface area contributed by atoms with Gasteiger partial charge in [0.25, 0.3) is 0 Å². The maximum absolute atomic E-state index is 12.5. The van der Waals surface area contributed by atoms with Crippen LogP contribution in [-0.2, 0) is 21.3 Å². The molecule has 2 N–H and O–H groups in total. The average molecular weight is 427 g/mol. The highest BCUT2D eigenvalue weighted by Crippen LogP contribution is 2.49. The third-order valence-electron chi connectivity index (χ3n) is 4.99. The topological polar surface area (TPSA) is 98.8 Å². The number of primary sulfonamides is 1. The number of halogens is 1. The van der Waals surface area contributed by atoms with E-state index >= 15 is 0 Å². The SMILES string of the molecule is CCc1ncc2cc(C3(Cl)C(c4ccccn4)=CC=CC3S(N)(=O)=O)ccc2n1. The minimum absolute atomic E-state index is 0.562. The standard InChI is InChI=1S/C21H19ClN4O2S/c1-2-20-25-13-14-12-15(9-10-17(14)26-20)21(22)16(18-7-3-4-11-24-18)6-5-8-19(21)29(23,27)28/h3-13,19H,2H2,1H3,(H2,23,27,28). The van der Waals surface area contributed by atoms with E-state index in [1.54, 1.807) is 42.7 Å². The Balaban J connectivity index is 1.95. The molecule has 2 heterocycles. The summed E-state index contributed by atoms with van der Waals surface area (Å²) in [7, 11) is -4.01. The van der Waals surface area contributed by atoms with Crippen molar-refractivity contribution in [1.29, 1.82) is 0 Å². The van der Waals surface area contributed by atoms with Gasteiger partial charge in [-0.25, -0.2) is 23.5 Å². The molecule has 4 rings (SSSR count). The quantitative estimate of drug-likeness (QED) is 0.645. The monoisotopic (exact) mass is 426 g/mol. The summed E-state index contributed by atoms with van der Waals surface area (Å²) in [6.45, 7) is 1.98. The molecule has 0 bridgehead atoms. The lowest BCUT2D eigenvalue weighted by Gasteiger charge is -2.37. The number of alkyl halides is 1. The van der Waals surface area contributed by atoms with Gasteiger partial charge in [0.05, 0.1) is 11.2 Å². The minimum atomic E-state index is -4.01. The van der Waals surface area contributed by atoms with Crippen LogP contribution < -0.4 is 5.14 Å². The number of hydrogen-bond donors (Lipinski definition) is 1. The summed E-state index contributed by atoms with van der Waals surface area (Å²) < 4.78 is 24.9. The fourth-order valence-corrected chi connectivity index (χ4v) is 5.33. The number of fused-ring (bicyclic) bond motifs is 1. The summed E-state index contributed by atoms with van der Waals surface area (Å²) in [6, 6.07) is 10.8. The number of aromatic nitrogens is 3. The van der Waals surface area contributed by atoms with Gasteiger partial charge in [0.1, 0.15) is 15.9 Å². The lowest BCUT2D eigenvalue weighted by molar-refractivity contribution is 0.579. The lowest BCUT2D eigenvalue weighted by Crippen LogP contribution is -2.44. The number of aryl methyl sites for hydroxylation is 1. The average Bonchev–Trinajstić information content (AvgIpc) is 2.72. The van der Waals surface area contributed by atoms with E-state index < -0.39 is 20.1 Å². The first-order chi connectivity index (χ1) is 13.8. The normalized spacial score (nSPS) is 21.9. The van der Waals surface area contributed by atoms with Crippen LogP contribution in [0.25, 0.3) is 16.5 Å². The van der Waals surface area contributed by atoms with Crippen LogP contribution in [0.2, 0.25) is 0 Å². The molecule has 6 nitrogen and oxygen atoms in total. The molecule has 8 heteroatoms. The molecule has 0 spiro atoms. The number of nitrogens with two attached hydrogens (primary N) is 1. The molecule has 0 saturated heterocycles. The molecule has 2 aromatic heterocycles. The Morgan fingerprint density at radius 1 is 1.21 bits per heavy atom. The smallest absolute Gasteiger partial charge is 0.218 e. The first-order valence-electron chi connectivity index (χ1n) is 9.11. The molecule has 0 radical (unpaired) electrons. The Morgan fingerprint density at radius 3 is 2.72 bits per heavy atom. The van der Waals surface area contributed by atoms with Crippen LogP contribution in [0.5, 0.6) is 0 Å². The number of pyridine rings is 1. The van der Waals surface area contributed by atoms with Crippen molar-refractivity contribution in [3.05, 3.63) is 84.1 Å². The number of sulfonamides is 1. The molecule has 148 valence electrons. The lowest BCUT2D eigenvalue weighted by atomic mass is 9.81. The van der Waals surface area contributed by atoms with Gasteiger partial charge in [-0.3, -0.25) is 4.98 Å². The van der Waals surface area contributed by atoms with Gasteiger partial charge in [-0.15, -0.1) is 11.6 Å². The van der Waals surface area contributed by atoms with Crippen LogP contribution >= 0.6 is 11.6 Å². The van der Waals surface area contributed by atoms with E-state index in [4.69, 9.17) is 16.7 Å². The molecule has 1 aliphatic rings. The van der Waals surface area contributed by atoms with Gasteiger partial charge in [0, 0.05) is 29.8 Å². The Kier molecular flexibility index (Phi) is 4.98. The molecule has 29 heavy (non-hydrogen) atoms. The zero-order valence-electron chi connectivity index (χ0n) is 15.7. The predicted molar refractivity (Wildman–Crippen MR) is 115 cm³/mol. The summed E-state index contributed by atoms with van der Waals surface area (Å²) in [6.07, 6.45) is 9.02. The van der Waals surface area contributed by atoms with E-state index in [0.29, 0.717) is 16.8 Å². The molecule has 1 aromatic carbocycles. The number of nitrogens with zero attached hydrogens (tertiary/aromatic N) is 3. The Hall–Kier alpha value is -2.61. The second-order valence-corrected chi connectivity index (χ2v) is 9.10. The number of benzene rings is 1. The Labute approximate surface area is 174 Å². The highest BCUT2D eigenvalue weighted by molar-refractivity contribution is 7.90. The van der Waals surface area contributed by atoms with Gasteiger partial charge in [-0.05, 0) is 29.8 Å². The predicted octanol–water partition coefficient (Wildman–Crippen LogP) is 3.33. The fraction of sp³-hybridized carbons (Fsp3) is 0.190. The van der Waals surface area contributed by atoms with Crippen molar-refractivity contribution in [2.24, 2.45) is 5.14 Å². The highest BCUT2D eigenvalue weighted by Gasteiger charge is 2.48. The molecule has 0 aliphatic heterocycles. The summed E-state index contributed by atoms with van der Waals surface area (Å²) in [5, 5.41) is 5.18. The van der Waals surface area contributed by atoms with Crippen molar-refractivity contribution in [3.63, 3.8) is 0 Å². The van der Waals surface area contributed by atoms with Gasteiger partial charge in [0.15, 0.2) is 0 Å². The van der Waals surface area contributed by atoms with Gasteiger partial charge < -0.3 is 0 Å². The van der Waals surface area contributed by atoms with Crippen molar-refractivity contribution in [1.82, 2.24) is 15.0 Å². The van der Waals surface area contributed by atoms with Crippen LogP contribution in [0.3, 0.4) is 0 Å². The maximum atomic E-state index is 12.5. The Morgan fingerprint density at radius 2 is 2.03 bits per heavy atom.